The maximum Gasteiger partial charge on any atom is 0.262 e. The van der Waals surface area contributed by atoms with Gasteiger partial charge in [0.25, 0.3) is 10.0 Å². The molecule has 0 aliphatic heterocycles. The van der Waals surface area contributed by atoms with Crippen molar-refractivity contribution in [3.63, 3.8) is 0 Å². The molecule has 0 bridgehead atoms. The highest BCUT2D eigenvalue weighted by atomic mass is 32.2. The Bertz CT molecular complexity index is 1360. The van der Waals surface area contributed by atoms with E-state index in [0.29, 0.717) is 23.4 Å². The first-order chi connectivity index (χ1) is 15.3. The van der Waals surface area contributed by atoms with Crippen molar-refractivity contribution in [2.75, 3.05) is 10.0 Å². The minimum atomic E-state index is -3.81. The third-order valence-electron chi connectivity index (χ3n) is 5.06. The Morgan fingerprint density at radius 3 is 2.56 bits per heavy atom. The standard InChI is InChI=1S/C24H24N4O3S/c1-16-6-5-7-19(14-16)28-32(30,31)22-15-18(11-10-17(22)2)25-24(29)13-12-23-26-20-8-3-4-9-21(20)27-23/h3-11,14-15,28H,12-13H2,1-2H3,(H,25,29)(H,26,27). The number of aromatic nitrogens is 2. The van der Waals surface area contributed by atoms with Crippen LogP contribution >= 0.6 is 0 Å². The zero-order valence-electron chi connectivity index (χ0n) is 17.8. The number of fused-ring (bicyclic) bond motifs is 1. The lowest BCUT2D eigenvalue weighted by atomic mass is 10.2. The van der Waals surface area contributed by atoms with E-state index in [9.17, 15) is 13.2 Å². The van der Waals surface area contributed by atoms with Crippen LogP contribution in [0.2, 0.25) is 0 Å². The van der Waals surface area contributed by atoms with Gasteiger partial charge in [-0.2, -0.15) is 0 Å². The van der Waals surface area contributed by atoms with E-state index >= 15 is 0 Å². The number of sulfonamides is 1. The monoisotopic (exact) mass is 448 g/mol. The minimum absolute atomic E-state index is 0.120. The van der Waals surface area contributed by atoms with Crippen LogP contribution in [0.1, 0.15) is 23.4 Å². The number of hydrogen-bond acceptors (Lipinski definition) is 4. The lowest BCUT2D eigenvalue weighted by Gasteiger charge is -2.13. The van der Waals surface area contributed by atoms with Crippen LogP contribution in [-0.4, -0.2) is 24.3 Å². The third kappa shape index (κ3) is 4.97. The van der Waals surface area contributed by atoms with Crippen LogP contribution in [0.25, 0.3) is 11.0 Å². The normalized spacial score (nSPS) is 11.4. The number of rotatable bonds is 7. The topological polar surface area (TPSA) is 104 Å². The summed E-state index contributed by atoms with van der Waals surface area (Å²) in [5.74, 6) is 0.514. The summed E-state index contributed by atoms with van der Waals surface area (Å²) in [4.78, 5) is 20.2. The Balaban J connectivity index is 1.45. The van der Waals surface area contributed by atoms with Gasteiger partial charge < -0.3 is 10.3 Å². The van der Waals surface area contributed by atoms with Gasteiger partial charge >= 0.3 is 0 Å². The summed E-state index contributed by atoms with van der Waals surface area (Å²) in [6.07, 6.45) is 0.670. The number of hydrogen-bond donors (Lipinski definition) is 3. The van der Waals surface area contributed by atoms with Crippen LogP contribution in [0, 0.1) is 13.8 Å². The first-order valence-corrected chi connectivity index (χ1v) is 11.7. The van der Waals surface area contributed by atoms with Gasteiger partial charge in [-0.25, -0.2) is 13.4 Å². The fourth-order valence-electron chi connectivity index (χ4n) is 3.47. The predicted octanol–water partition coefficient (Wildman–Crippen LogP) is 4.55. The van der Waals surface area contributed by atoms with Crippen LogP contribution < -0.4 is 10.0 Å². The summed E-state index contributed by atoms with van der Waals surface area (Å²) in [6.45, 7) is 3.61. The van der Waals surface area contributed by atoms with E-state index in [1.54, 1.807) is 37.3 Å². The predicted molar refractivity (Wildman–Crippen MR) is 126 cm³/mol. The molecule has 0 aliphatic rings. The number of H-pyrrole nitrogens is 1. The van der Waals surface area contributed by atoms with Gasteiger partial charge in [-0.1, -0.05) is 30.3 Å². The van der Waals surface area contributed by atoms with Crippen molar-refractivity contribution in [1.29, 1.82) is 0 Å². The van der Waals surface area contributed by atoms with Crippen LogP contribution in [0.15, 0.2) is 71.6 Å². The SMILES string of the molecule is Cc1cccc(NS(=O)(=O)c2cc(NC(=O)CCc3nc4ccccc4[nH]3)ccc2C)c1. The molecule has 164 valence electrons. The van der Waals surface area contributed by atoms with Crippen molar-refractivity contribution < 1.29 is 13.2 Å². The van der Waals surface area contributed by atoms with Gasteiger partial charge in [-0.3, -0.25) is 9.52 Å². The maximum absolute atomic E-state index is 12.9. The molecule has 0 unspecified atom stereocenters. The molecule has 0 fully saturated rings. The van der Waals surface area contributed by atoms with E-state index in [1.807, 2.05) is 37.3 Å². The van der Waals surface area contributed by atoms with Gasteiger partial charge in [-0.15, -0.1) is 0 Å². The molecule has 0 saturated heterocycles. The molecule has 0 atom stereocenters. The zero-order chi connectivity index (χ0) is 22.7. The van der Waals surface area contributed by atoms with Crippen LogP contribution in [0.3, 0.4) is 0 Å². The molecule has 7 nitrogen and oxygen atoms in total. The molecule has 1 heterocycles. The van der Waals surface area contributed by atoms with Gasteiger partial charge in [0.05, 0.1) is 15.9 Å². The molecule has 0 spiro atoms. The minimum Gasteiger partial charge on any atom is -0.342 e. The number of amides is 1. The first kappa shape index (κ1) is 21.6. The molecule has 8 heteroatoms. The summed E-state index contributed by atoms with van der Waals surface area (Å²) in [5, 5.41) is 2.79. The number of aryl methyl sites for hydroxylation is 3. The summed E-state index contributed by atoms with van der Waals surface area (Å²) < 4.78 is 28.5. The third-order valence-corrected chi connectivity index (χ3v) is 6.58. The molecule has 4 aromatic rings. The molecule has 32 heavy (non-hydrogen) atoms. The molecule has 3 N–H and O–H groups in total. The number of nitrogens with one attached hydrogen (secondary N) is 3. The fourth-order valence-corrected chi connectivity index (χ4v) is 4.79. The molecule has 3 aromatic carbocycles. The van der Waals surface area contributed by atoms with Crippen molar-refractivity contribution >= 4 is 38.3 Å². The Morgan fingerprint density at radius 2 is 1.78 bits per heavy atom. The molecular formula is C24H24N4O3S. The van der Waals surface area contributed by atoms with E-state index in [1.165, 1.54) is 6.07 Å². The van der Waals surface area contributed by atoms with E-state index in [-0.39, 0.29) is 17.2 Å². The van der Waals surface area contributed by atoms with E-state index in [4.69, 9.17) is 0 Å². The van der Waals surface area contributed by atoms with Crippen LogP contribution in [-0.2, 0) is 21.2 Å². The van der Waals surface area contributed by atoms with E-state index < -0.39 is 10.0 Å². The largest absolute Gasteiger partial charge is 0.342 e. The average Bonchev–Trinajstić information content (AvgIpc) is 3.16. The number of nitrogens with zero attached hydrogens (tertiary/aromatic N) is 1. The average molecular weight is 449 g/mol. The van der Waals surface area contributed by atoms with Crippen LogP contribution in [0.5, 0.6) is 0 Å². The summed E-state index contributed by atoms with van der Waals surface area (Å²) >= 11 is 0. The quantitative estimate of drug-likeness (QED) is 0.386. The Morgan fingerprint density at radius 1 is 0.969 bits per heavy atom. The second-order valence-electron chi connectivity index (χ2n) is 7.70. The summed E-state index contributed by atoms with van der Waals surface area (Å²) in [6, 6.07) is 19.7. The smallest absolute Gasteiger partial charge is 0.262 e. The highest BCUT2D eigenvalue weighted by molar-refractivity contribution is 7.92. The number of anilines is 2. The van der Waals surface area contributed by atoms with Crippen LogP contribution in [0.4, 0.5) is 11.4 Å². The van der Waals surface area contributed by atoms with Gasteiger partial charge in [0.2, 0.25) is 5.91 Å². The molecule has 0 aliphatic carbocycles. The maximum atomic E-state index is 12.9. The number of aromatic amines is 1. The summed E-state index contributed by atoms with van der Waals surface area (Å²) in [7, 11) is -3.81. The number of carbonyl (C=O) groups is 1. The number of carbonyl (C=O) groups excluding carboxylic acids is 1. The second-order valence-corrected chi connectivity index (χ2v) is 9.35. The first-order valence-electron chi connectivity index (χ1n) is 10.2. The highest BCUT2D eigenvalue weighted by Gasteiger charge is 2.18. The molecule has 1 amide bonds. The van der Waals surface area contributed by atoms with Crippen molar-refractivity contribution in [3.05, 3.63) is 83.7 Å². The molecular weight excluding hydrogens is 424 g/mol. The molecule has 1 aromatic heterocycles. The van der Waals surface area contributed by atoms with Crippen molar-refractivity contribution in [2.45, 2.75) is 31.6 Å². The zero-order valence-corrected chi connectivity index (χ0v) is 18.7. The van der Waals surface area contributed by atoms with E-state index in [0.717, 1.165) is 22.4 Å². The van der Waals surface area contributed by atoms with Gasteiger partial charge in [-0.05, 0) is 61.4 Å². The Hall–Kier alpha value is -3.65. The van der Waals surface area contributed by atoms with Crippen molar-refractivity contribution in [3.8, 4) is 0 Å². The molecule has 4 rings (SSSR count). The van der Waals surface area contributed by atoms with Gasteiger partial charge in [0, 0.05) is 24.2 Å². The lowest BCUT2D eigenvalue weighted by molar-refractivity contribution is -0.116. The van der Waals surface area contributed by atoms with E-state index in [2.05, 4.69) is 20.0 Å². The number of imidazole rings is 1. The van der Waals surface area contributed by atoms with Gasteiger partial charge in [0.1, 0.15) is 5.82 Å². The fraction of sp³-hybridized carbons (Fsp3) is 0.167. The molecule has 0 saturated carbocycles. The second kappa shape index (κ2) is 8.84. The molecule has 0 radical (unpaired) electrons. The highest BCUT2D eigenvalue weighted by Crippen LogP contribution is 2.23. The van der Waals surface area contributed by atoms with Crippen molar-refractivity contribution in [1.82, 2.24) is 9.97 Å². The summed E-state index contributed by atoms with van der Waals surface area (Å²) in [5.41, 5.74) is 4.24. The van der Waals surface area contributed by atoms with Crippen molar-refractivity contribution in [2.24, 2.45) is 0 Å². The number of para-hydroxylation sites is 2. The Labute approximate surface area is 187 Å². The Kier molecular flexibility index (Phi) is 5.96. The lowest BCUT2D eigenvalue weighted by Crippen LogP contribution is -2.16. The van der Waals surface area contributed by atoms with Gasteiger partial charge in [0.15, 0.2) is 0 Å². The number of benzene rings is 3.